The number of benzene rings is 1. The minimum absolute atomic E-state index is 0.0455. The van der Waals surface area contributed by atoms with Crippen LogP contribution < -0.4 is 15.2 Å². The zero-order valence-corrected chi connectivity index (χ0v) is 22.4. The Kier molecular flexibility index (Phi) is 5.96. The first-order valence-electron chi connectivity index (χ1n) is 10.9. The van der Waals surface area contributed by atoms with E-state index in [0.717, 1.165) is 37.9 Å². The minimum atomic E-state index is -1.21. The predicted octanol–water partition coefficient (Wildman–Crippen LogP) is 3.84. The number of aromatic amines is 2. The van der Waals surface area contributed by atoms with Crippen LogP contribution in [0.25, 0.3) is 11.0 Å². The maximum Gasteiger partial charge on any atom is 0.264 e. The van der Waals surface area contributed by atoms with Gasteiger partial charge in [0.25, 0.3) is 5.56 Å². The maximum absolute atomic E-state index is 13.1. The zero-order valence-electron chi connectivity index (χ0n) is 18.7. The van der Waals surface area contributed by atoms with Crippen molar-refractivity contribution < 1.29 is 4.55 Å². The molecule has 0 amide bonds. The lowest BCUT2D eigenvalue weighted by molar-refractivity contribution is 0.175. The topological polar surface area (TPSA) is 113 Å². The van der Waals surface area contributed by atoms with Crippen molar-refractivity contribution in [2.24, 2.45) is 5.41 Å². The summed E-state index contributed by atoms with van der Waals surface area (Å²) >= 11 is 7.19. The molecule has 8 nitrogen and oxygen atoms in total. The van der Waals surface area contributed by atoms with E-state index in [4.69, 9.17) is 11.6 Å². The number of halogens is 2. The quantitative estimate of drug-likeness (QED) is 0.311. The monoisotopic (exact) mass is 600 g/mol. The second-order valence-electron chi connectivity index (χ2n) is 9.93. The second-order valence-corrected chi connectivity index (χ2v) is 13.4. The van der Waals surface area contributed by atoms with E-state index in [-0.39, 0.29) is 21.8 Å². The van der Waals surface area contributed by atoms with E-state index in [1.54, 1.807) is 0 Å². The highest BCUT2D eigenvalue weighted by molar-refractivity contribution is 14.1. The number of nitrogens with zero attached hydrogens (tertiary/aromatic N) is 3. The molecule has 1 unspecified atom stereocenters. The lowest BCUT2D eigenvalue weighted by atomic mass is 9.73. The van der Waals surface area contributed by atoms with Crippen LogP contribution in [0.2, 0.25) is 5.02 Å². The van der Waals surface area contributed by atoms with Crippen molar-refractivity contribution >= 4 is 62.5 Å². The van der Waals surface area contributed by atoms with Crippen molar-refractivity contribution in [3.05, 3.63) is 48.4 Å². The van der Waals surface area contributed by atoms with E-state index in [1.807, 2.05) is 32.9 Å². The first-order chi connectivity index (χ1) is 15.6. The molecule has 0 bridgehead atoms. The number of fused-ring (bicyclic) bond motifs is 2. The lowest BCUT2D eigenvalue weighted by Gasteiger charge is -2.44. The molecule has 1 fully saturated rings. The van der Waals surface area contributed by atoms with Crippen molar-refractivity contribution in [3.63, 3.8) is 0 Å². The van der Waals surface area contributed by atoms with Crippen molar-refractivity contribution in [2.45, 2.75) is 50.8 Å². The molecule has 11 heteroatoms. The molecule has 3 aromatic rings. The van der Waals surface area contributed by atoms with Crippen LogP contribution in [-0.2, 0) is 17.8 Å². The molecule has 1 aliphatic carbocycles. The average Bonchev–Trinajstić information content (AvgIpc) is 3.26. The van der Waals surface area contributed by atoms with Gasteiger partial charge in [-0.05, 0) is 85.9 Å². The fourth-order valence-corrected chi connectivity index (χ4v) is 6.68. The Morgan fingerprint density at radius 3 is 2.76 bits per heavy atom. The van der Waals surface area contributed by atoms with Gasteiger partial charge in [-0.3, -0.25) is 14.9 Å². The van der Waals surface area contributed by atoms with Crippen LogP contribution in [-0.4, -0.2) is 42.6 Å². The summed E-state index contributed by atoms with van der Waals surface area (Å²) in [7, 11) is 0. The zero-order chi connectivity index (χ0) is 23.5. The third-order valence-electron chi connectivity index (χ3n) is 6.78. The van der Waals surface area contributed by atoms with Gasteiger partial charge in [-0.2, -0.15) is 10.1 Å². The summed E-state index contributed by atoms with van der Waals surface area (Å²) in [5.74, 6) is 0.548. The molecule has 5 rings (SSSR count). The van der Waals surface area contributed by atoms with Gasteiger partial charge in [0.1, 0.15) is 13.8 Å². The van der Waals surface area contributed by atoms with Crippen molar-refractivity contribution in [1.29, 1.82) is 0 Å². The molecule has 0 radical (unpaired) electrons. The van der Waals surface area contributed by atoms with Gasteiger partial charge in [0.05, 0.1) is 6.04 Å². The Hall–Kier alpha value is -1.34. The summed E-state index contributed by atoms with van der Waals surface area (Å²) in [4.78, 5) is 22.2. The Morgan fingerprint density at radius 2 is 2.06 bits per heavy atom. The smallest absolute Gasteiger partial charge is 0.264 e. The van der Waals surface area contributed by atoms with Crippen molar-refractivity contribution in [1.82, 2.24) is 24.9 Å². The van der Waals surface area contributed by atoms with Gasteiger partial charge >= 0.3 is 0 Å². The number of aromatic nitrogens is 4. The standard InChI is InChI=1S/C22H26ClIN6O2S/c1-21(2,3)33(32)29-16-14-10-13(23)5-4-12(14)11-22(16)6-8-30(9-7-22)20-25-18-15(19(31)26-20)17(24)27-28-18/h4-5,10,16,29H,6-9,11H2,1-3H3,(H2,25,26,27,28,31)/t16-,33?/m1/s1. The van der Waals surface area contributed by atoms with Crippen LogP contribution in [0.1, 0.15) is 50.8 Å². The first-order valence-corrected chi connectivity index (χ1v) is 13.5. The van der Waals surface area contributed by atoms with E-state index in [2.05, 4.69) is 58.4 Å². The molecule has 2 aromatic heterocycles. The van der Waals surface area contributed by atoms with E-state index in [0.29, 0.717) is 25.7 Å². The summed E-state index contributed by atoms with van der Waals surface area (Å²) in [6.45, 7) is 7.41. The highest BCUT2D eigenvalue weighted by atomic mass is 127. The molecule has 2 aliphatic rings. The van der Waals surface area contributed by atoms with E-state index in [9.17, 15) is 9.35 Å². The highest BCUT2D eigenvalue weighted by Crippen LogP contribution is 2.53. The number of hydrogen-bond donors (Lipinski definition) is 3. The molecule has 3 heterocycles. The number of rotatable bonds is 3. The van der Waals surface area contributed by atoms with E-state index in [1.165, 1.54) is 5.56 Å². The number of nitrogens with one attached hydrogen (secondary N) is 3. The average molecular weight is 601 g/mol. The summed E-state index contributed by atoms with van der Waals surface area (Å²) in [6, 6.07) is 6.00. The van der Waals surface area contributed by atoms with E-state index < -0.39 is 11.4 Å². The molecule has 1 aliphatic heterocycles. The summed E-state index contributed by atoms with van der Waals surface area (Å²) in [5.41, 5.74) is 2.58. The molecule has 0 saturated carbocycles. The summed E-state index contributed by atoms with van der Waals surface area (Å²) in [5, 5.41) is 8.17. The minimum Gasteiger partial charge on any atom is -0.598 e. The van der Waals surface area contributed by atoms with Crippen LogP contribution in [0.4, 0.5) is 5.95 Å². The third-order valence-corrected chi connectivity index (χ3v) is 9.36. The van der Waals surface area contributed by atoms with Gasteiger partial charge in [0.15, 0.2) is 5.65 Å². The van der Waals surface area contributed by atoms with Crippen LogP contribution >= 0.6 is 34.2 Å². The van der Waals surface area contributed by atoms with Gasteiger partial charge in [-0.1, -0.05) is 17.7 Å². The molecule has 2 atom stereocenters. The SMILES string of the molecule is CC(C)(C)[S+]([O-])N[C@@H]1c2cc(Cl)ccc2CC12CCN(c1nc3n[nH]c(I)c3c(=O)[nH]1)CC2. The molecular formula is C22H26ClIN6O2S. The van der Waals surface area contributed by atoms with Gasteiger partial charge in [0, 0.05) is 34.9 Å². The fraction of sp³-hybridized carbons (Fsp3) is 0.500. The molecule has 33 heavy (non-hydrogen) atoms. The number of hydrogen-bond acceptors (Lipinski definition) is 6. The molecule has 1 spiro atoms. The Labute approximate surface area is 213 Å². The maximum atomic E-state index is 13.1. The predicted molar refractivity (Wildman–Crippen MR) is 140 cm³/mol. The number of H-pyrrole nitrogens is 2. The third kappa shape index (κ3) is 4.18. The highest BCUT2D eigenvalue weighted by Gasteiger charge is 2.50. The van der Waals surface area contributed by atoms with Gasteiger partial charge < -0.3 is 9.45 Å². The van der Waals surface area contributed by atoms with Crippen LogP contribution in [0.3, 0.4) is 0 Å². The van der Waals surface area contributed by atoms with Crippen LogP contribution in [0, 0.1) is 9.12 Å². The number of piperidine rings is 1. The summed E-state index contributed by atoms with van der Waals surface area (Å²) < 4.78 is 16.9. The van der Waals surface area contributed by atoms with Gasteiger partial charge in [-0.25, -0.2) is 0 Å². The van der Waals surface area contributed by atoms with Crippen LogP contribution in [0.15, 0.2) is 23.0 Å². The van der Waals surface area contributed by atoms with Gasteiger partial charge in [0.2, 0.25) is 5.95 Å². The van der Waals surface area contributed by atoms with Crippen molar-refractivity contribution in [2.75, 3.05) is 18.0 Å². The fourth-order valence-electron chi connectivity index (χ4n) is 4.94. The van der Waals surface area contributed by atoms with Crippen molar-refractivity contribution in [3.8, 4) is 0 Å². The molecule has 1 saturated heterocycles. The second kappa shape index (κ2) is 8.40. The Bertz CT molecular complexity index is 1260. The molecule has 176 valence electrons. The van der Waals surface area contributed by atoms with E-state index >= 15 is 0 Å². The summed E-state index contributed by atoms with van der Waals surface area (Å²) in [6.07, 6.45) is 2.66. The Morgan fingerprint density at radius 1 is 1.33 bits per heavy atom. The Balaban J connectivity index is 1.43. The lowest BCUT2D eigenvalue weighted by Crippen LogP contribution is -2.50. The first kappa shape index (κ1) is 23.4. The van der Waals surface area contributed by atoms with Crippen LogP contribution in [0.5, 0.6) is 0 Å². The number of anilines is 1. The van der Waals surface area contributed by atoms with Gasteiger partial charge in [-0.15, -0.1) is 4.72 Å². The molecule has 1 aromatic carbocycles. The molecular weight excluding hydrogens is 575 g/mol. The largest absolute Gasteiger partial charge is 0.598 e. The molecule has 3 N–H and O–H groups in total. The normalized spacial score (nSPS) is 21.0.